The number of hydrogen-bond acceptors (Lipinski definition) is 4. The number of fused-ring (bicyclic) bond motifs is 3. The Morgan fingerprint density at radius 2 is 1.92 bits per heavy atom. The van der Waals surface area contributed by atoms with Gasteiger partial charge in [-0.1, -0.05) is 24.6 Å². The molecular formula is C18H20N4O3. The van der Waals surface area contributed by atoms with Crippen LogP contribution in [0.5, 0.6) is 0 Å². The molecule has 2 saturated carbocycles. The Labute approximate surface area is 144 Å². The summed E-state index contributed by atoms with van der Waals surface area (Å²) in [5, 5.41) is 6.96. The third-order valence-corrected chi connectivity index (χ3v) is 5.56. The molecule has 0 saturated heterocycles. The van der Waals surface area contributed by atoms with E-state index >= 15 is 0 Å². The second-order valence-corrected chi connectivity index (χ2v) is 7.09. The molecule has 4 rings (SSSR count). The SMILES string of the molecule is O=C(CC1CC2CCC1C2)NNC(=O)c1n[nH]c(=O)c2ccccc12. The molecule has 0 aliphatic heterocycles. The van der Waals surface area contributed by atoms with Gasteiger partial charge in [-0.3, -0.25) is 25.2 Å². The van der Waals surface area contributed by atoms with E-state index in [1.165, 1.54) is 19.3 Å². The van der Waals surface area contributed by atoms with Crippen molar-refractivity contribution in [2.45, 2.75) is 32.1 Å². The van der Waals surface area contributed by atoms with Crippen molar-refractivity contribution in [1.29, 1.82) is 0 Å². The van der Waals surface area contributed by atoms with E-state index in [1.54, 1.807) is 24.3 Å². The number of nitrogens with zero attached hydrogens (tertiary/aromatic N) is 1. The van der Waals surface area contributed by atoms with Crippen LogP contribution in [0.4, 0.5) is 0 Å². The van der Waals surface area contributed by atoms with Gasteiger partial charge in [0.15, 0.2) is 5.69 Å². The topological polar surface area (TPSA) is 104 Å². The summed E-state index contributed by atoms with van der Waals surface area (Å²) in [6.45, 7) is 0. The van der Waals surface area contributed by atoms with Crippen LogP contribution in [0.25, 0.3) is 10.8 Å². The van der Waals surface area contributed by atoms with Crippen LogP contribution in [0.2, 0.25) is 0 Å². The maximum Gasteiger partial charge on any atom is 0.290 e. The monoisotopic (exact) mass is 340 g/mol. The predicted molar refractivity (Wildman–Crippen MR) is 91.5 cm³/mol. The number of nitrogens with one attached hydrogen (secondary N) is 3. The number of benzene rings is 1. The molecular weight excluding hydrogens is 320 g/mol. The first-order chi connectivity index (χ1) is 12.1. The Hall–Kier alpha value is -2.70. The van der Waals surface area contributed by atoms with Crippen LogP contribution < -0.4 is 16.4 Å². The Kier molecular flexibility index (Phi) is 3.99. The van der Waals surface area contributed by atoms with Gasteiger partial charge in [-0.2, -0.15) is 5.10 Å². The number of hydrogen-bond donors (Lipinski definition) is 3. The van der Waals surface area contributed by atoms with Crippen molar-refractivity contribution in [3.8, 4) is 0 Å². The first-order valence-corrected chi connectivity index (χ1v) is 8.68. The molecule has 2 bridgehead atoms. The first-order valence-electron chi connectivity index (χ1n) is 8.68. The average Bonchev–Trinajstić information content (AvgIpc) is 3.23. The largest absolute Gasteiger partial charge is 0.290 e. The molecule has 2 aliphatic rings. The highest BCUT2D eigenvalue weighted by Crippen LogP contribution is 2.49. The molecule has 2 amide bonds. The third-order valence-electron chi connectivity index (χ3n) is 5.56. The molecule has 0 spiro atoms. The lowest BCUT2D eigenvalue weighted by Gasteiger charge is -2.20. The molecule has 0 radical (unpaired) electrons. The third kappa shape index (κ3) is 3.01. The van der Waals surface area contributed by atoms with E-state index in [0.717, 1.165) is 12.3 Å². The van der Waals surface area contributed by atoms with E-state index in [2.05, 4.69) is 21.0 Å². The molecule has 2 aromatic rings. The number of carbonyl (C=O) groups excluding carboxylic acids is 2. The van der Waals surface area contributed by atoms with E-state index < -0.39 is 5.91 Å². The predicted octanol–water partition coefficient (Wildman–Crippen LogP) is 1.51. The summed E-state index contributed by atoms with van der Waals surface area (Å²) >= 11 is 0. The van der Waals surface area contributed by atoms with Crippen molar-refractivity contribution in [3.63, 3.8) is 0 Å². The minimum atomic E-state index is -0.547. The maximum absolute atomic E-state index is 12.3. The molecule has 3 atom stereocenters. The number of rotatable bonds is 3. The van der Waals surface area contributed by atoms with Gasteiger partial charge in [-0.05, 0) is 43.1 Å². The van der Waals surface area contributed by atoms with Crippen LogP contribution in [0.3, 0.4) is 0 Å². The second-order valence-electron chi connectivity index (χ2n) is 7.09. The van der Waals surface area contributed by atoms with E-state index in [4.69, 9.17) is 0 Å². The first kappa shape index (κ1) is 15.8. The highest BCUT2D eigenvalue weighted by Gasteiger charge is 2.40. The van der Waals surface area contributed by atoms with Gasteiger partial charge in [-0.15, -0.1) is 0 Å². The molecule has 7 heteroatoms. The summed E-state index contributed by atoms with van der Waals surface area (Å²) in [4.78, 5) is 36.2. The van der Waals surface area contributed by atoms with Gasteiger partial charge in [0, 0.05) is 11.8 Å². The maximum atomic E-state index is 12.3. The van der Waals surface area contributed by atoms with E-state index in [9.17, 15) is 14.4 Å². The van der Waals surface area contributed by atoms with E-state index in [-0.39, 0.29) is 17.2 Å². The van der Waals surface area contributed by atoms with Crippen LogP contribution in [-0.4, -0.2) is 22.0 Å². The number of aromatic nitrogens is 2. The lowest BCUT2D eigenvalue weighted by molar-refractivity contribution is -0.123. The molecule has 7 nitrogen and oxygen atoms in total. The molecule has 1 aromatic carbocycles. The summed E-state index contributed by atoms with van der Waals surface area (Å²) < 4.78 is 0. The normalized spacial score (nSPS) is 24.4. The fourth-order valence-corrected chi connectivity index (χ4v) is 4.39. The molecule has 1 aromatic heterocycles. The smallest absolute Gasteiger partial charge is 0.273 e. The van der Waals surface area contributed by atoms with Gasteiger partial charge < -0.3 is 0 Å². The van der Waals surface area contributed by atoms with Crippen molar-refractivity contribution in [2.24, 2.45) is 17.8 Å². The number of hydrazine groups is 1. The fourth-order valence-electron chi connectivity index (χ4n) is 4.39. The Balaban J connectivity index is 1.40. The molecule has 1 heterocycles. The molecule has 2 aliphatic carbocycles. The van der Waals surface area contributed by atoms with Crippen molar-refractivity contribution >= 4 is 22.6 Å². The van der Waals surface area contributed by atoms with Crippen molar-refractivity contribution < 1.29 is 9.59 Å². The zero-order chi connectivity index (χ0) is 17.4. The van der Waals surface area contributed by atoms with Crippen LogP contribution >= 0.6 is 0 Å². The summed E-state index contributed by atoms with van der Waals surface area (Å²) in [5.41, 5.74) is 4.61. The number of carbonyl (C=O) groups is 2. The summed E-state index contributed by atoms with van der Waals surface area (Å²) in [6.07, 6.45) is 5.34. The Morgan fingerprint density at radius 1 is 1.12 bits per heavy atom. The Bertz CT molecular complexity index is 891. The summed E-state index contributed by atoms with van der Waals surface area (Å²) in [6, 6.07) is 6.73. The van der Waals surface area contributed by atoms with Gasteiger partial charge in [0.05, 0.1) is 5.39 Å². The number of aromatic amines is 1. The lowest BCUT2D eigenvalue weighted by atomic mass is 9.86. The second kappa shape index (κ2) is 6.31. The Morgan fingerprint density at radius 3 is 2.64 bits per heavy atom. The zero-order valence-corrected chi connectivity index (χ0v) is 13.7. The summed E-state index contributed by atoms with van der Waals surface area (Å²) in [7, 11) is 0. The summed E-state index contributed by atoms with van der Waals surface area (Å²) in [5.74, 6) is 1.15. The van der Waals surface area contributed by atoms with Gasteiger partial charge in [0.2, 0.25) is 5.91 Å². The number of H-pyrrole nitrogens is 1. The lowest BCUT2D eigenvalue weighted by Crippen LogP contribution is -2.43. The molecule has 130 valence electrons. The van der Waals surface area contributed by atoms with E-state index in [1.807, 2.05) is 0 Å². The van der Waals surface area contributed by atoms with Crippen LogP contribution in [0, 0.1) is 17.8 Å². The standard InChI is InChI=1S/C18H20N4O3/c23-15(9-12-8-10-5-6-11(12)7-10)19-22-18(25)16-13-3-1-2-4-14(13)17(24)21-20-16/h1-4,10-12H,5-9H2,(H,19,23)(H,21,24)(H,22,25). The van der Waals surface area contributed by atoms with Crippen molar-refractivity contribution in [2.75, 3.05) is 0 Å². The van der Waals surface area contributed by atoms with Gasteiger partial charge >= 0.3 is 0 Å². The minimum absolute atomic E-state index is 0.0791. The van der Waals surface area contributed by atoms with Crippen LogP contribution in [0.15, 0.2) is 29.1 Å². The van der Waals surface area contributed by atoms with Gasteiger partial charge in [-0.25, -0.2) is 5.10 Å². The highest BCUT2D eigenvalue weighted by atomic mass is 16.2. The van der Waals surface area contributed by atoms with E-state index in [0.29, 0.717) is 29.0 Å². The van der Waals surface area contributed by atoms with Crippen molar-refractivity contribution in [1.82, 2.24) is 21.0 Å². The average molecular weight is 340 g/mol. The zero-order valence-electron chi connectivity index (χ0n) is 13.7. The minimum Gasteiger partial charge on any atom is -0.273 e. The van der Waals surface area contributed by atoms with Crippen LogP contribution in [-0.2, 0) is 4.79 Å². The van der Waals surface area contributed by atoms with Gasteiger partial charge in [0.25, 0.3) is 11.5 Å². The molecule has 2 fully saturated rings. The molecule has 25 heavy (non-hydrogen) atoms. The van der Waals surface area contributed by atoms with Crippen molar-refractivity contribution in [3.05, 3.63) is 40.3 Å². The molecule has 3 unspecified atom stereocenters. The highest BCUT2D eigenvalue weighted by molar-refractivity contribution is 6.05. The quantitative estimate of drug-likeness (QED) is 0.737. The molecule has 3 N–H and O–H groups in total. The van der Waals surface area contributed by atoms with Crippen LogP contribution in [0.1, 0.15) is 42.6 Å². The number of amides is 2. The fraction of sp³-hybridized carbons (Fsp3) is 0.444. The van der Waals surface area contributed by atoms with Gasteiger partial charge in [0.1, 0.15) is 0 Å².